The molecule has 3 aromatic rings. The predicted molar refractivity (Wildman–Crippen MR) is 157 cm³/mol. The highest BCUT2D eigenvalue weighted by Gasteiger charge is 2.36. The van der Waals surface area contributed by atoms with Crippen LogP contribution in [-0.4, -0.2) is 43.3 Å². The molecule has 226 valence electrons. The summed E-state index contributed by atoms with van der Waals surface area (Å²) in [4.78, 5) is 28.0. The summed E-state index contributed by atoms with van der Waals surface area (Å²) < 4.78 is 69.1. The summed E-state index contributed by atoms with van der Waals surface area (Å²) in [7, 11) is -4.59. The number of carbonyl (C=O) groups excluding carboxylic acids is 2. The van der Waals surface area contributed by atoms with Gasteiger partial charge in [-0.25, -0.2) is 8.42 Å². The normalized spacial score (nSPS) is 12.9. The summed E-state index contributed by atoms with van der Waals surface area (Å²) in [6, 6.07) is 15.4. The van der Waals surface area contributed by atoms with Crippen LogP contribution >= 0.6 is 11.6 Å². The Hall–Kier alpha value is -3.57. The van der Waals surface area contributed by atoms with Crippen LogP contribution < -0.4 is 9.62 Å². The number of hydrogen-bond donors (Lipinski definition) is 1. The second-order valence-corrected chi connectivity index (χ2v) is 13.2. The number of nitrogens with one attached hydrogen (secondary N) is 1. The van der Waals surface area contributed by atoms with E-state index in [0.717, 1.165) is 17.7 Å². The van der Waals surface area contributed by atoms with E-state index in [4.69, 9.17) is 11.6 Å². The molecule has 7 nitrogen and oxygen atoms in total. The van der Waals surface area contributed by atoms with E-state index in [1.54, 1.807) is 39.0 Å². The van der Waals surface area contributed by atoms with Gasteiger partial charge in [-0.1, -0.05) is 59.6 Å². The van der Waals surface area contributed by atoms with Crippen molar-refractivity contribution in [1.29, 1.82) is 0 Å². The lowest BCUT2D eigenvalue weighted by Gasteiger charge is -2.33. The second-order valence-electron chi connectivity index (χ2n) is 10.9. The van der Waals surface area contributed by atoms with Gasteiger partial charge in [-0.2, -0.15) is 13.2 Å². The molecule has 0 heterocycles. The van der Waals surface area contributed by atoms with Crippen molar-refractivity contribution in [2.24, 2.45) is 0 Å². The summed E-state index contributed by atoms with van der Waals surface area (Å²) in [5.41, 5.74) is -0.658. The topological polar surface area (TPSA) is 86.8 Å². The molecule has 0 aliphatic heterocycles. The van der Waals surface area contributed by atoms with Crippen molar-refractivity contribution in [3.8, 4) is 0 Å². The largest absolute Gasteiger partial charge is 0.416 e. The molecule has 0 radical (unpaired) electrons. The lowest BCUT2D eigenvalue weighted by atomic mass is 10.1. The van der Waals surface area contributed by atoms with Crippen LogP contribution in [0.5, 0.6) is 0 Å². The molecule has 0 saturated heterocycles. The molecular formula is C30H33ClF3N3O4S. The molecular weight excluding hydrogens is 591 g/mol. The fourth-order valence-electron chi connectivity index (χ4n) is 4.06. The van der Waals surface area contributed by atoms with E-state index in [1.807, 2.05) is 19.1 Å². The zero-order chi connectivity index (χ0) is 31.5. The highest BCUT2D eigenvalue weighted by molar-refractivity contribution is 7.92. The zero-order valence-corrected chi connectivity index (χ0v) is 25.4. The zero-order valence-electron chi connectivity index (χ0n) is 23.9. The van der Waals surface area contributed by atoms with Gasteiger partial charge >= 0.3 is 6.18 Å². The maximum absolute atomic E-state index is 14.0. The molecule has 2 amide bonds. The summed E-state index contributed by atoms with van der Waals surface area (Å²) in [6.45, 7) is 7.72. The molecule has 0 spiro atoms. The highest BCUT2D eigenvalue weighted by atomic mass is 35.5. The average molecular weight is 624 g/mol. The molecule has 12 heteroatoms. The molecule has 0 aromatic heterocycles. The molecule has 1 N–H and O–H groups in total. The smallest absolute Gasteiger partial charge is 0.350 e. The predicted octanol–water partition coefficient (Wildman–Crippen LogP) is 6.19. The van der Waals surface area contributed by atoms with E-state index in [-0.39, 0.29) is 16.5 Å². The molecule has 0 aliphatic carbocycles. The Morgan fingerprint density at radius 3 is 2.10 bits per heavy atom. The van der Waals surface area contributed by atoms with E-state index in [9.17, 15) is 31.2 Å². The number of nitrogens with zero attached hydrogens (tertiary/aromatic N) is 2. The van der Waals surface area contributed by atoms with Crippen molar-refractivity contribution in [1.82, 2.24) is 10.2 Å². The number of rotatable bonds is 9. The van der Waals surface area contributed by atoms with Crippen LogP contribution in [0.2, 0.25) is 5.02 Å². The average Bonchev–Trinajstić information content (AvgIpc) is 2.90. The van der Waals surface area contributed by atoms with Crippen LogP contribution in [0.25, 0.3) is 0 Å². The third kappa shape index (κ3) is 8.25. The maximum Gasteiger partial charge on any atom is 0.416 e. The number of hydrogen-bond acceptors (Lipinski definition) is 4. The van der Waals surface area contributed by atoms with Crippen molar-refractivity contribution in [2.45, 2.75) is 63.8 Å². The third-order valence-electron chi connectivity index (χ3n) is 6.29. The first-order valence-electron chi connectivity index (χ1n) is 13.0. The summed E-state index contributed by atoms with van der Waals surface area (Å²) >= 11 is 6.27. The van der Waals surface area contributed by atoms with Crippen molar-refractivity contribution >= 4 is 39.1 Å². The van der Waals surface area contributed by atoms with Crippen LogP contribution in [-0.2, 0) is 32.3 Å². The van der Waals surface area contributed by atoms with Crippen LogP contribution in [0.1, 0.15) is 44.4 Å². The first-order valence-corrected chi connectivity index (χ1v) is 14.8. The molecule has 0 aliphatic rings. The number of aryl methyl sites for hydroxylation is 1. The van der Waals surface area contributed by atoms with Gasteiger partial charge in [0.25, 0.3) is 10.0 Å². The van der Waals surface area contributed by atoms with Crippen LogP contribution in [0.3, 0.4) is 0 Å². The summed E-state index contributed by atoms with van der Waals surface area (Å²) in [6.07, 6.45) is -4.80. The van der Waals surface area contributed by atoms with E-state index in [2.05, 4.69) is 5.32 Å². The minimum Gasteiger partial charge on any atom is -0.350 e. The second kappa shape index (κ2) is 12.7. The first-order chi connectivity index (χ1) is 19.4. The monoisotopic (exact) mass is 623 g/mol. The van der Waals surface area contributed by atoms with Crippen LogP contribution in [0.4, 0.5) is 18.9 Å². The highest BCUT2D eigenvalue weighted by Crippen LogP contribution is 2.37. The van der Waals surface area contributed by atoms with E-state index in [1.165, 1.54) is 36.1 Å². The fourth-order valence-corrected chi connectivity index (χ4v) is 5.78. The van der Waals surface area contributed by atoms with Crippen molar-refractivity contribution in [3.63, 3.8) is 0 Å². The van der Waals surface area contributed by atoms with Gasteiger partial charge in [0.1, 0.15) is 12.6 Å². The molecule has 42 heavy (non-hydrogen) atoms. The molecule has 0 fully saturated rings. The molecule has 3 rings (SSSR count). The lowest BCUT2D eigenvalue weighted by molar-refractivity contribution is -0.140. The molecule has 3 aromatic carbocycles. The lowest BCUT2D eigenvalue weighted by Crippen LogP contribution is -2.54. The van der Waals surface area contributed by atoms with Gasteiger partial charge in [-0.3, -0.25) is 13.9 Å². The van der Waals surface area contributed by atoms with Gasteiger partial charge < -0.3 is 10.2 Å². The summed E-state index contributed by atoms with van der Waals surface area (Å²) in [5, 5.41) is 2.51. The van der Waals surface area contributed by atoms with E-state index in [0.29, 0.717) is 15.9 Å². The maximum atomic E-state index is 14.0. The third-order valence-corrected chi connectivity index (χ3v) is 8.38. The van der Waals surface area contributed by atoms with Crippen LogP contribution in [0.15, 0.2) is 77.7 Å². The van der Waals surface area contributed by atoms with Gasteiger partial charge in [0, 0.05) is 12.1 Å². The number of alkyl halides is 3. The van der Waals surface area contributed by atoms with Crippen LogP contribution in [0, 0.1) is 6.92 Å². The Labute approximate surface area is 249 Å². The van der Waals surface area contributed by atoms with E-state index < -0.39 is 57.4 Å². The van der Waals surface area contributed by atoms with E-state index >= 15 is 0 Å². The fraction of sp³-hybridized carbons (Fsp3) is 0.333. The van der Waals surface area contributed by atoms with Gasteiger partial charge in [0.05, 0.1) is 21.2 Å². The number of anilines is 1. The van der Waals surface area contributed by atoms with Crippen molar-refractivity contribution < 1.29 is 31.2 Å². The Balaban J connectivity index is 2.13. The first kappa shape index (κ1) is 32.9. The number of benzene rings is 3. The molecule has 0 bridgehead atoms. The van der Waals surface area contributed by atoms with Gasteiger partial charge in [0.2, 0.25) is 11.8 Å². The Bertz CT molecular complexity index is 1520. The number of halogens is 4. The minimum atomic E-state index is -4.80. The Morgan fingerprint density at radius 2 is 1.55 bits per heavy atom. The van der Waals surface area contributed by atoms with Gasteiger partial charge in [-0.05, 0) is 70.5 Å². The minimum absolute atomic E-state index is 0.0621. The molecule has 1 atom stereocenters. The molecule has 0 unspecified atom stereocenters. The number of carbonyl (C=O) groups is 2. The quantitative estimate of drug-likeness (QED) is 0.308. The standard InChI is InChI=1S/C30H33ClF3N3O4S/c1-20-11-13-22(14-12-20)18-36(21(2)28(39)35-29(3,4)5)27(38)19-37(42(40,41)24-9-7-6-8-10-24)26-17-23(30(32,33)34)15-16-25(26)31/h6-17,21H,18-19H2,1-5H3,(H,35,39)/t21-/m1/s1. The Kier molecular flexibility index (Phi) is 10.00. The number of sulfonamides is 1. The van der Waals surface area contributed by atoms with Crippen molar-refractivity contribution in [3.05, 3.63) is 94.5 Å². The van der Waals surface area contributed by atoms with Gasteiger partial charge in [0.15, 0.2) is 0 Å². The van der Waals surface area contributed by atoms with Gasteiger partial charge in [-0.15, -0.1) is 0 Å². The SMILES string of the molecule is Cc1ccc(CN(C(=O)CN(c2cc(C(F)(F)F)ccc2Cl)S(=O)(=O)c2ccccc2)[C@H](C)C(=O)NC(C)(C)C)cc1. The number of amides is 2. The summed E-state index contributed by atoms with van der Waals surface area (Å²) in [5.74, 6) is -1.31. The Morgan fingerprint density at radius 1 is 0.952 bits per heavy atom. The molecule has 0 saturated carbocycles. The van der Waals surface area contributed by atoms with Crippen molar-refractivity contribution in [2.75, 3.05) is 10.8 Å².